The van der Waals surface area contributed by atoms with E-state index >= 15 is 0 Å². The van der Waals surface area contributed by atoms with Crippen LogP contribution in [0.25, 0.3) is 0 Å². The molecule has 0 aliphatic heterocycles. The van der Waals surface area contributed by atoms with E-state index in [1.165, 1.54) is 31.2 Å². The lowest BCUT2D eigenvalue weighted by Gasteiger charge is -2.22. The first-order valence-corrected chi connectivity index (χ1v) is 7.58. The second kappa shape index (κ2) is 7.31. The number of hydrogen-bond acceptors (Lipinski definition) is 4. The van der Waals surface area contributed by atoms with Crippen molar-refractivity contribution >= 4 is 5.84 Å². The monoisotopic (exact) mass is 291 g/mol. The summed E-state index contributed by atoms with van der Waals surface area (Å²) in [5.74, 6) is 0.709. The van der Waals surface area contributed by atoms with Crippen molar-refractivity contribution in [1.82, 2.24) is 4.90 Å². The molecule has 1 aliphatic carbocycles. The molecule has 0 atom stereocenters. The predicted octanol–water partition coefficient (Wildman–Crippen LogP) is 2.55. The number of methoxy groups -OCH3 is 1. The van der Waals surface area contributed by atoms with Crippen LogP contribution in [0, 0.1) is 0 Å². The Morgan fingerprint density at radius 2 is 2.24 bits per heavy atom. The molecule has 116 valence electrons. The lowest BCUT2D eigenvalue weighted by Crippen LogP contribution is -2.27. The molecule has 0 aromatic heterocycles. The molecule has 0 saturated heterocycles. The van der Waals surface area contributed by atoms with Crippen LogP contribution in [0.4, 0.5) is 0 Å². The molecule has 0 heterocycles. The number of unbranched alkanes of at least 4 members (excludes halogenated alkanes) is 1. The van der Waals surface area contributed by atoms with Crippen molar-refractivity contribution in [3.63, 3.8) is 0 Å². The molecule has 0 amide bonds. The number of benzene rings is 1. The summed E-state index contributed by atoms with van der Waals surface area (Å²) in [6, 6.07) is 6.61. The van der Waals surface area contributed by atoms with Crippen LogP contribution in [0.15, 0.2) is 23.4 Å². The van der Waals surface area contributed by atoms with E-state index in [1.807, 2.05) is 18.2 Å². The molecule has 0 bridgehead atoms. The van der Waals surface area contributed by atoms with Crippen LogP contribution < -0.4 is 10.5 Å². The van der Waals surface area contributed by atoms with E-state index in [0.29, 0.717) is 11.3 Å². The Balaban J connectivity index is 2.15. The van der Waals surface area contributed by atoms with Crippen LogP contribution in [0.1, 0.15) is 43.7 Å². The predicted molar refractivity (Wildman–Crippen MR) is 83.8 cm³/mol. The average Bonchev–Trinajstić information content (AvgIpc) is 3.35. The van der Waals surface area contributed by atoms with Gasteiger partial charge in [-0.1, -0.05) is 24.6 Å². The summed E-state index contributed by atoms with van der Waals surface area (Å²) in [5, 5.41) is 12.0. The van der Waals surface area contributed by atoms with Crippen LogP contribution in [-0.4, -0.2) is 35.6 Å². The van der Waals surface area contributed by atoms with Crippen molar-refractivity contribution in [2.24, 2.45) is 10.9 Å². The zero-order valence-corrected chi connectivity index (χ0v) is 12.9. The summed E-state index contributed by atoms with van der Waals surface area (Å²) in [7, 11) is 1.58. The van der Waals surface area contributed by atoms with Gasteiger partial charge in [0.1, 0.15) is 5.75 Å². The zero-order valence-electron chi connectivity index (χ0n) is 12.9. The van der Waals surface area contributed by atoms with Gasteiger partial charge in [-0.25, -0.2) is 0 Å². The Hall–Kier alpha value is -1.75. The molecule has 1 aromatic carbocycles. The maximum absolute atomic E-state index is 8.89. The lowest BCUT2D eigenvalue weighted by atomic mass is 10.1. The highest BCUT2D eigenvalue weighted by atomic mass is 16.5. The molecule has 5 heteroatoms. The Morgan fingerprint density at radius 3 is 2.81 bits per heavy atom. The molecule has 0 unspecified atom stereocenters. The van der Waals surface area contributed by atoms with Gasteiger partial charge in [0, 0.05) is 12.6 Å². The van der Waals surface area contributed by atoms with Gasteiger partial charge in [0.25, 0.3) is 0 Å². The van der Waals surface area contributed by atoms with E-state index in [-0.39, 0.29) is 5.84 Å². The van der Waals surface area contributed by atoms with Gasteiger partial charge in [-0.15, -0.1) is 0 Å². The molecular weight excluding hydrogens is 266 g/mol. The number of hydrogen-bond donors (Lipinski definition) is 2. The third-order valence-corrected chi connectivity index (χ3v) is 3.90. The first-order chi connectivity index (χ1) is 10.2. The van der Waals surface area contributed by atoms with Gasteiger partial charge in [-0.3, -0.25) is 4.90 Å². The van der Waals surface area contributed by atoms with Crippen LogP contribution in [0.3, 0.4) is 0 Å². The molecule has 0 radical (unpaired) electrons. The van der Waals surface area contributed by atoms with Crippen LogP contribution >= 0.6 is 0 Å². The summed E-state index contributed by atoms with van der Waals surface area (Å²) >= 11 is 0. The van der Waals surface area contributed by atoms with E-state index in [9.17, 15) is 0 Å². The smallest absolute Gasteiger partial charge is 0.173 e. The first-order valence-electron chi connectivity index (χ1n) is 7.58. The molecule has 21 heavy (non-hydrogen) atoms. The van der Waals surface area contributed by atoms with E-state index in [4.69, 9.17) is 15.7 Å². The third-order valence-electron chi connectivity index (χ3n) is 3.90. The number of nitrogens with two attached hydrogens (primary N) is 1. The molecule has 1 fully saturated rings. The van der Waals surface area contributed by atoms with Crippen molar-refractivity contribution in [3.05, 3.63) is 29.3 Å². The van der Waals surface area contributed by atoms with E-state index in [2.05, 4.69) is 17.0 Å². The summed E-state index contributed by atoms with van der Waals surface area (Å²) in [6.45, 7) is 4.25. The van der Waals surface area contributed by atoms with Gasteiger partial charge in [-0.05, 0) is 43.5 Å². The number of rotatable bonds is 8. The average molecular weight is 291 g/mol. The minimum atomic E-state index is 0.0835. The van der Waals surface area contributed by atoms with Crippen molar-refractivity contribution in [2.45, 2.75) is 45.2 Å². The molecule has 1 saturated carbocycles. The zero-order chi connectivity index (χ0) is 15.2. The minimum Gasteiger partial charge on any atom is -0.496 e. The summed E-state index contributed by atoms with van der Waals surface area (Å²) in [5.41, 5.74) is 7.54. The van der Waals surface area contributed by atoms with Crippen molar-refractivity contribution < 1.29 is 9.94 Å². The molecular formula is C16H25N3O2. The second-order valence-electron chi connectivity index (χ2n) is 5.58. The van der Waals surface area contributed by atoms with E-state index in [1.54, 1.807) is 7.11 Å². The molecule has 1 aliphatic rings. The fourth-order valence-corrected chi connectivity index (χ4v) is 2.53. The van der Waals surface area contributed by atoms with Crippen molar-refractivity contribution in [2.75, 3.05) is 13.7 Å². The summed E-state index contributed by atoms with van der Waals surface area (Å²) in [6.07, 6.45) is 5.03. The maximum Gasteiger partial charge on any atom is 0.173 e. The maximum atomic E-state index is 8.89. The fourth-order valence-electron chi connectivity index (χ4n) is 2.53. The third kappa shape index (κ3) is 4.11. The van der Waals surface area contributed by atoms with Crippen LogP contribution in [0.2, 0.25) is 0 Å². The normalized spacial score (nSPS) is 15.5. The van der Waals surface area contributed by atoms with E-state index in [0.717, 1.165) is 19.1 Å². The van der Waals surface area contributed by atoms with Crippen molar-refractivity contribution in [3.8, 4) is 5.75 Å². The highest BCUT2D eigenvalue weighted by Gasteiger charge is 2.28. The Bertz CT molecular complexity index is 498. The van der Waals surface area contributed by atoms with Gasteiger partial charge in [0.05, 0.1) is 12.7 Å². The second-order valence-corrected chi connectivity index (χ2v) is 5.58. The van der Waals surface area contributed by atoms with Gasteiger partial charge >= 0.3 is 0 Å². The standard InChI is InChI=1S/C16H25N3O2/c1-3-4-9-19(13-6-7-13)11-12-5-8-15(21-2)14(10-12)16(17)18-20/h5,8,10,13,20H,3-4,6-7,9,11H2,1-2H3,(H2,17,18). The quantitative estimate of drug-likeness (QED) is 0.334. The number of ether oxygens (including phenoxy) is 1. The number of amidine groups is 1. The number of oxime groups is 1. The van der Waals surface area contributed by atoms with E-state index < -0.39 is 0 Å². The van der Waals surface area contributed by atoms with Gasteiger partial charge in [0.2, 0.25) is 0 Å². The first kappa shape index (κ1) is 15.6. The highest BCUT2D eigenvalue weighted by Crippen LogP contribution is 2.29. The molecule has 3 N–H and O–H groups in total. The highest BCUT2D eigenvalue weighted by molar-refractivity contribution is 5.99. The Morgan fingerprint density at radius 1 is 1.48 bits per heavy atom. The molecule has 5 nitrogen and oxygen atoms in total. The number of nitrogens with zero attached hydrogens (tertiary/aromatic N) is 2. The summed E-state index contributed by atoms with van der Waals surface area (Å²) in [4.78, 5) is 2.53. The van der Waals surface area contributed by atoms with Gasteiger partial charge in [0.15, 0.2) is 5.84 Å². The van der Waals surface area contributed by atoms with Gasteiger partial charge < -0.3 is 15.7 Å². The van der Waals surface area contributed by atoms with Gasteiger partial charge in [-0.2, -0.15) is 0 Å². The molecule has 0 spiro atoms. The van der Waals surface area contributed by atoms with Crippen LogP contribution in [-0.2, 0) is 6.54 Å². The molecule has 2 rings (SSSR count). The SMILES string of the molecule is CCCCN(Cc1ccc(OC)c(C(N)=NO)c1)C1CC1. The van der Waals surface area contributed by atoms with Crippen molar-refractivity contribution in [1.29, 1.82) is 0 Å². The van der Waals surface area contributed by atoms with Crippen LogP contribution in [0.5, 0.6) is 5.75 Å². The Kier molecular flexibility index (Phi) is 5.44. The molecule has 1 aromatic rings. The summed E-state index contributed by atoms with van der Waals surface area (Å²) < 4.78 is 5.27. The minimum absolute atomic E-state index is 0.0835. The topological polar surface area (TPSA) is 71.1 Å². The lowest BCUT2D eigenvalue weighted by molar-refractivity contribution is 0.250. The largest absolute Gasteiger partial charge is 0.496 e. The fraction of sp³-hybridized carbons (Fsp3) is 0.562. The Labute approximate surface area is 126 Å².